The van der Waals surface area contributed by atoms with Crippen LogP contribution in [0.4, 0.5) is 5.69 Å². The van der Waals surface area contributed by atoms with Crippen molar-refractivity contribution in [3.8, 4) is 22.1 Å². The molecule has 0 fully saturated rings. The Bertz CT molecular complexity index is 1170. The summed E-state index contributed by atoms with van der Waals surface area (Å²) < 4.78 is 12.3. The van der Waals surface area contributed by atoms with Gasteiger partial charge in [-0.15, -0.1) is 11.3 Å². The summed E-state index contributed by atoms with van der Waals surface area (Å²) in [6.45, 7) is 4.42. The summed E-state index contributed by atoms with van der Waals surface area (Å²) in [4.78, 5) is 17.0. The number of aromatic nitrogens is 1. The largest absolute Gasteiger partial charge is 0.490 e. The quantitative estimate of drug-likeness (QED) is 0.419. The van der Waals surface area contributed by atoms with E-state index in [4.69, 9.17) is 14.5 Å². The fourth-order valence-corrected chi connectivity index (χ4v) is 4.11. The fraction of sp³-hybridized carbons (Fsp3) is 0.167. The average Bonchev–Trinajstić information content (AvgIpc) is 3.17. The van der Waals surface area contributed by atoms with Gasteiger partial charge in [-0.25, -0.2) is 4.98 Å². The predicted molar refractivity (Wildman–Crippen MR) is 122 cm³/mol. The second-order valence-electron chi connectivity index (χ2n) is 6.78. The van der Waals surface area contributed by atoms with Gasteiger partial charge in [-0.05, 0) is 67.9 Å². The van der Waals surface area contributed by atoms with Crippen LogP contribution in [0.25, 0.3) is 20.8 Å². The van der Waals surface area contributed by atoms with Crippen LogP contribution in [0, 0.1) is 6.92 Å². The summed E-state index contributed by atoms with van der Waals surface area (Å²) in [5, 5.41) is 3.82. The van der Waals surface area contributed by atoms with Crippen molar-refractivity contribution in [2.75, 3.05) is 18.5 Å². The molecular formula is C24H22N2O3S. The summed E-state index contributed by atoms with van der Waals surface area (Å²) in [6, 6.07) is 21.3. The van der Waals surface area contributed by atoms with E-state index in [9.17, 15) is 4.79 Å². The number of nitrogens with one attached hydrogen (secondary N) is 1. The molecule has 0 bridgehead atoms. The van der Waals surface area contributed by atoms with Crippen molar-refractivity contribution in [2.45, 2.75) is 13.8 Å². The minimum atomic E-state index is -0.232. The third-order valence-corrected chi connectivity index (χ3v) is 5.53. The topological polar surface area (TPSA) is 60.5 Å². The van der Waals surface area contributed by atoms with Gasteiger partial charge in [0.25, 0.3) is 5.91 Å². The third kappa shape index (κ3) is 4.60. The summed E-state index contributed by atoms with van der Waals surface area (Å²) >= 11 is 1.66. The summed E-state index contributed by atoms with van der Waals surface area (Å²) in [5.74, 6) is 0.948. The lowest BCUT2D eigenvalue weighted by molar-refractivity contribution is -0.118. The minimum absolute atomic E-state index is 0.0942. The van der Waals surface area contributed by atoms with Crippen LogP contribution in [-0.4, -0.2) is 24.1 Å². The molecule has 0 atom stereocenters. The van der Waals surface area contributed by atoms with Crippen molar-refractivity contribution in [3.05, 3.63) is 72.3 Å². The molecule has 4 aromatic rings. The summed E-state index contributed by atoms with van der Waals surface area (Å²) in [5.41, 5.74) is 3.96. The SMILES string of the molecule is CCOc1ccccc1OCC(=O)Nc1ccc(-c2nc3ccc(C)cc3s2)cc1. The van der Waals surface area contributed by atoms with Crippen LogP contribution >= 0.6 is 11.3 Å². The van der Waals surface area contributed by atoms with Crippen LogP contribution < -0.4 is 14.8 Å². The van der Waals surface area contributed by atoms with Crippen LogP contribution in [0.2, 0.25) is 0 Å². The van der Waals surface area contributed by atoms with Gasteiger partial charge in [-0.1, -0.05) is 18.2 Å². The van der Waals surface area contributed by atoms with Gasteiger partial charge in [0.2, 0.25) is 0 Å². The Kier molecular flexibility index (Phi) is 5.95. The molecular weight excluding hydrogens is 396 g/mol. The first-order chi connectivity index (χ1) is 14.6. The molecule has 152 valence electrons. The van der Waals surface area contributed by atoms with E-state index in [-0.39, 0.29) is 12.5 Å². The van der Waals surface area contributed by atoms with Gasteiger partial charge in [-0.3, -0.25) is 4.79 Å². The van der Waals surface area contributed by atoms with E-state index in [1.54, 1.807) is 17.4 Å². The van der Waals surface area contributed by atoms with Gasteiger partial charge in [0, 0.05) is 11.3 Å². The van der Waals surface area contributed by atoms with Crippen molar-refractivity contribution in [1.82, 2.24) is 4.98 Å². The predicted octanol–water partition coefficient (Wildman–Crippen LogP) is 5.69. The normalized spacial score (nSPS) is 10.7. The van der Waals surface area contributed by atoms with E-state index in [1.807, 2.05) is 55.5 Å². The van der Waals surface area contributed by atoms with Gasteiger partial charge in [-0.2, -0.15) is 0 Å². The number of ether oxygens (including phenoxy) is 2. The highest BCUT2D eigenvalue weighted by atomic mass is 32.1. The number of anilines is 1. The van der Waals surface area contributed by atoms with Crippen molar-refractivity contribution >= 4 is 33.1 Å². The number of fused-ring (bicyclic) bond motifs is 1. The van der Waals surface area contributed by atoms with E-state index >= 15 is 0 Å². The first-order valence-corrected chi connectivity index (χ1v) is 10.6. The van der Waals surface area contributed by atoms with Gasteiger partial charge in [0.15, 0.2) is 18.1 Å². The number of nitrogens with zero attached hydrogens (tertiary/aromatic N) is 1. The smallest absolute Gasteiger partial charge is 0.262 e. The Hall–Kier alpha value is -3.38. The third-order valence-electron chi connectivity index (χ3n) is 4.47. The average molecular weight is 419 g/mol. The lowest BCUT2D eigenvalue weighted by Gasteiger charge is -2.11. The molecule has 1 aromatic heterocycles. The van der Waals surface area contributed by atoms with E-state index in [0.717, 1.165) is 16.1 Å². The van der Waals surface area contributed by atoms with Crippen molar-refractivity contribution in [3.63, 3.8) is 0 Å². The molecule has 0 radical (unpaired) electrons. The maximum atomic E-state index is 12.3. The molecule has 0 aliphatic heterocycles. The van der Waals surface area contributed by atoms with E-state index < -0.39 is 0 Å². The van der Waals surface area contributed by atoms with E-state index in [0.29, 0.717) is 23.8 Å². The van der Waals surface area contributed by atoms with E-state index in [1.165, 1.54) is 10.3 Å². The molecule has 0 aliphatic carbocycles. The summed E-state index contributed by atoms with van der Waals surface area (Å²) in [6.07, 6.45) is 0. The van der Waals surface area contributed by atoms with Gasteiger partial charge in [0.1, 0.15) is 5.01 Å². The first-order valence-electron chi connectivity index (χ1n) is 9.74. The molecule has 0 saturated heterocycles. The van der Waals surface area contributed by atoms with Crippen LogP contribution in [0.15, 0.2) is 66.7 Å². The Morgan fingerprint density at radius 2 is 1.73 bits per heavy atom. The van der Waals surface area contributed by atoms with Crippen molar-refractivity contribution < 1.29 is 14.3 Å². The Morgan fingerprint density at radius 3 is 2.47 bits per heavy atom. The lowest BCUT2D eigenvalue weighted by atomic mass is 10.2. The highest BCUT2D eigenvalue weighted by molar-refractivity contribution is 7.21. The number of aryl methyl sites for hydroxylation is 1. The van der Waals surface area contributed by atoms with Crippen LogP contribution in [0.1, 0.15) is 12.5 Å². The molecule has 3 aromatic carbocycles. The number of carbonyl (C=O) groups excluding carboxylic acids is 1. The second kappa shape index (κ2) is 8.97. The number of amides is 1. The number of carbonyl (C=O) groups is 1. The molecule has 1 N–H and O–H groups in total. The second-order valence-corrected chi connectivity index (χ2v) is 7.81. The number of hydrogen-bond donors (Lipinski definition) is 1. The standard InChI is InChI=1S/C24H22N2O3S/c1-3-28-20-6-4-5-7-21(20)29-15-23(27)25-18-11-9-17(10-12-18)24-26-19-13-8-16(2)14-22(19)30-24/h4-14H,3,15H2,1-2H3,(H,25,27). The molecule has 1 amide bonds. The maximum absolute atomic E-state index is 12.3. The molecule has 0 saturated carbocycles. The van der Waals surface area contributed by atoms with E-state index in [2.05, 4.69) is 24.4 Å². The zero-order valence-electron chi connectivity index (χ0n) is 16.8. The molecule has 0 aliphatic rings. The molecule has 4 rings (SSSR count). The molecule has 0 unspecified atom stereocenters. The van der Waals surface area contributed by atoms with Crippen LogP contribution in [0.3, 0.4) is 0 Å². The van der Waals surface area contributed by atoms with Gasteiger partial charge in [0.05, 0.1) is 16.8 Å². The number of thiazole rings is 1. The Morgan fingerprint density at radius 1 is 1.00 bits per heavy atom. The minimum Gasteiger partial charge on any atom is -0.490 e. The number of para-hydroxylation sites is 2. The van der Waals surface area contributed by atoms with Crippen molar-refractivity contribution in [1.29, 1.82) is 0 Å². The lowest BCUT2D eigenvalue weighted by Crippen LogP contribution is -2.20. The molecule has 6 heteroatoms. The fourth-order valence-electron chi connectivity index (χ4n) is 3.04. The molecule has 1 heterocycles. The van der Waals surface area contributed by atoms with Gasteiger partial charge >= 0.3 is 0 Å². The number of rotatable bonds is 7. The first kappa shape index (κ1) is 19.9. The zero-order valence-corrected chi connectivity index (χ0v) is 17.7. The number of hydrogen-bond acceptors (Lipinski definition) is 5. The van der Waals surface area contributed by atoms with Crippen LogP contribution in [0.5, 0.6) is 11.5 Å². The van der Waals surface area contributed by atoms with Gasteiger partial charge < -0.3 is 14.8 Å². The van der Waals surface area contributed by atoms with Crippen molar-refractivity contribution in [2.24, 2.45) is 0 Å². The highest BCUT2D eigenvalue weighted by Crippen LogP contribution is 2.31. The Balaban J connectivity index is 1.39. The molecule has 30 heavy (non-hydrogen) atoms. The maximum Gasteiger partial charge on any atom is 0.262 e. The Labute approximate surface area is 179 Å². The zero-order chi connectivity index (χ0) is 20.9. The highest BCUT2D eigenvalue weighted by Gasteiger charge is 2.09. The monoisotopic (exact) mass is 418 g/mol. The molecule has 5 nitrogen and oxygen atoms in total. The summed E-state index contributed by atoms with van der Waals surface area (Å²) in [7, 11) is 0. The molecule has 0 spiro atoms. The number of benzene rings is 3. The van der Waals surface area contributed by atoms with Crippen LogP contribution in [-0.2, 0) is 4.79 Å².